The molecule has 1 aliphatic carbocycles. The molecule has 0 bridgehead atoms. The van der Waals surface area contributed by atoms with Gasteiger partial charge in [0.15, 0.2) is 0 Å². The largest absolute Gasteiger partial charge is 0.354 e. The van der Waals surface area contributed by atoms with Crippen molar-refractivity contribution in [3.63, 3.8) is 0 Å². The van der Waals surface area contributed by atoms with Crippen molar-refractivity contribution in [3.8, 4) is 0 Å². The predicted molar refractivity (Wildman–Crippen MR) is 108 cm³/mol. The molecule has 2 aromatic rings. The maximum Gasteiger partial charge on any atom is 0.133 e. The van der Waals surface area contributed by atoms with Gasteiger partial charge in [0.25, 0.3) is 0 Å². The first-order valence-electron chi connectivity index (χ1n) is 9.74. The summed E-state index contributed by atoms with van der Waals surface area (Å²) in [5.74, 6) is 1.95. The first-order chi connectivity index (χ1) is 12.7. The summed E-state index contributed by atoms with van der Waals surface area (Å²) in [6.45, 7) is 8.36. The van der Waals surface area contributed by atoms with Crippen LogP contribution in [0.4, 0.5) is 5.82 Å². The zero-order chi connectivity index (χ0) is 17.9. The average Bonchev–Trinajstić information content (AvgIpc) is 3.05. The van der Waals surface area contributed by atoms with Gasteiger partial charge < -0.3 is 15.1 Å². The van der Waals surface area contributed by atoms with Crippen LogP contribution in [0, 0.1) is 5.92 Å². The molecule has 6 heteroatoms. The molecular weight excluding hydrogens is 342 g/mol. The Morgan fingerprint density at radius 1 is 1.23 bits per heavy atom. The number of likely N-dealkylation sites (N-methyl/N-ethyl adjacent to an activating group) is 1. The highest BCUT2D eigenvalue weighted by molar-refractivity contribution is 7.11. The fourth-order valence-corrected chi connectivity index (χ4v) is 5.09. The molecule has 26 heavy (non-hydrogen) atoms. The lowest BCUT2D eigenvalue weighted by molar-refractivity contribution is 0.311. The lowest BCUT2D eigenvalue weighted by Gasteiger charge is -2.34. The van der Waals surface area contributed by atoms with E-state index in [1.807, 2.05) is 23.6 Å². The first kappa shape index (κ1) is 17.9. The van der Waals surface area contributed by atoms with E-state index in [2.05, 4.69) is 40.1 Å². The number of nitrogens with one attached hydrogen (secondary N) is 1. The normalized spacial score (nSPS) is 21.0. The molecule has 0 radical (unpaired) electrons. The molecule has 1 aliphatic heterocycles. The Balaban J connectivity index is 1.37. The fraction of sp³-hybridized carbons (Fsp3) is 0.600. The van der Waals surface area contributed by atoms with Crippen molar-refractivity contribution in [2.75, 3.05) is 38.1 Å². The summed E-state index contributed by atoms with van der Waals surface area (Å²) in [6, 6.07) is 4.24. The highest BCUT2D eigenvalue weighted by atomic mass is 32.1. The Bertz CT molecular complexity index is 736. The van der Waals surface area contributed by atoms with Crippen LogP contribution < -0.4 is 10.2 Å². The Kier molecular flexibility index (Phi) is 5.52. The van der Waals surface area contributed by atoms with Gasteiger partial charge in [-0.1, -0.05) is 13.0 Å². The molecule has 2 aliphatic rings. The molecule has 0 amide bonds. The molecule has 0 spiro atoms. The first-order valence-corrected chi connectivity index (χ1v) is 10.6. The van der Waals surface area contributed by atoms with Crippen molar-refractivity contribution < 1.29 is 0 Å². The third-order valence-corrected chi connectivity index (χ3v) is 6.61. The van der Waals surface area contributed by atoms with Crippen molar-refractivity contribution in [2.45, 2.75) is 39.3 Å². The van der Waals surface area contributed by atoms with Gasteiger partial charge in [-0.3, -0.25) is 0 Å². The van der Waals surface area contributed by atoms with Crippen molar-refractivity contribution in [2.24, 2.45) is 5.92 Å². The lowest BCUT2D eigenvalue weighted by Crippen LogP contribution is -2.45. The number of thiazole rings is 1. The number of nitrogens with zero attached hydrogens (tertiary/aromatic N) is 4. The number of aromatic nitrogens is 2. The molecule has 1 atom stereocenters. The van der Waals surface area contributed by atoms with Crippen LogP contribution in [0.25, 0.3) is 0 Å². The van der Waals surface area contributed by atoms with Crippen LogP contribution in [-0.2, 0) is 25.9 Å². The highest BCUT2D eigenvalue weighted by Gasteiger charge is 2.20. The quantitative estimate of drug-likeness (QED) is 0.875. The average molecular weight is 372 g/mol. The van der Waals surface area contributed by atoms with Gasteiger partial charge in [0.2, 0.25) is 0 Å². The van der Waals surface area contributed by atoms with Crippen molar-refractivity contribution >= 4 is 17.2 Å². The molecule has 1 N–H and O–H groups in total. The number of hydrogen-bond acceptors (Lipinski definition) is 6. The Morgan fingerprint density at radius 3 is 2.92 bits per heavy atom. The summed E-state index contributed by atoms with van der Waals surface area (Å²) in [4.78, 5) is 15.8. The monoisotopic (exact) mass is 371 g/mol. The van der Waals surface area contributed by atoms with E-state index in [-0.39, 0.29) is 0 Å². The van der Waals surface area contributed by atoms with Crippen molar-refractivity contribution in [3.05, 3.63) is 39.5 Å². The number of fused-ring (bicyclic) bond motifs is 1. The molecule has 5 nitrogen and oxygen atoms in total. The standard InChI is InChI=1S/C20H29N5S/c1-15-5-6-17-18(12-15)26-19(23-17)14-21-13-16-4-3-7-22-20(16)25-10-8-24(2)9-11-25/h3-4,7,15,21H,5-6,8-14H2,1-2H3. The second-order valence-corrected chi connectivity index (χ2v) is 8.87. The van der Waals surface area contributed by atoms with Crippen LogP contribution in [-0.4, -0.2) is 48.1 Å². The summed E-state index contributed by atoms with van der Waals surface area (Å²) in [5, 5.41) is 4.83. The van der Waals surface area contributed by atoms with Crippen molar-refractivity contribution in [1.82, 2.24) is 20.2 Å². The fourth-order valence-electron chi connectivity index (χ4n) is 3.84. The number of pyridine rings is 1. The van der Waals surface area contributed by atoms with E-state index in [0.29, 0.717) is 0 Å². The molecule has 3 heterocycles. The van der Waals surface area contributed by atoms with E-state index < -0.39 is 0 Å². The van der Waals surface area contributed by atoms with Gasteiger partial charge in [0, 0.05) is 55.9 Å². The maximum absolute atomic E-state index is 4.86. The van der Waals surface area contributed by atoms with Crippen LogP contribution in [0.1, 0.15) is 34.5 Å². The summed E-state index contributed by atoms with van der Waals surface area (Å²) in [5.41, 5.74) is 2.64. The molecule has 0 aromatic carbocycles. The van der Waals surface area contributed by atoms with Gasteiger partial charge in [-0.15, -0.1) is 11.3 Å². The van der Waals surface area contributed by atoms with Crippen LogP contribution in [0.15, 0.2) is 18.3 Å². The zero-order valence-electron chi connectivity index (χ0n) is 15.9. The summed E-state index contributed by atoms with van der Waals surface area (Å²) in [6.07, 6.45) is 5.56. The van der Waals surface area contributed by atoms with Crippen LogP contribution in [0.2, 0.25) is 0 Å². The van der Waals surface area contributed by atoms with E-state index in [1.54, 1.807) is 0 Å². The minimum Gasteiger partial charge on any atom is -0.354 e. The highest BCUT2D eigenvalue weighted by Crippen LogP contribution is 2.29. The maximum atomic E-state index is 4.86. The smallest absolute Gasteiger partial charge is 0.133 e. The van der Waals surface area contributed by atoms with E-state index in [0.717, 1.165) is 57.4 Å². The molecule has 0 saturated carbocycles. The van der Waals surface area contributed by atoms with E-state index in [1.165, 1.54) is 34.0 Å². The van der Waals surface area contributed by atoms with Gasteiger partial charge in [-0.2, -0.15) is 0 Å². The Morgan fingerprint density at radius 2 is 2.08 bits per heavy atom. The van der Waals surface area contributed by atoms with Gasteiger partial charge >= 0.3 is 0 Å². The molecular formula is C20H29N5S. The third kappa shape index (κ3) is 4.08. The molecule has 1 fully saturated rings. The van der Waals surface area contributed by atoms with E-state index in [4.69, 9.17) is 4.98 Å². The Hall–Kier alpha value is -1.50. The number of anilines is 1. The minimum atomic E-state index is 0.810. The summed E-state index contributed by atoms with van der Waals surface area (Å²) in [7, 11) is 2.19. The second kappa shape index (κ2) is 8.03. The van der Waals surface area contributed by atoms with Crippen LogP contribution in [0.5, 0.6) is 0 Å². The topological polar surface area (TPSA) is 44.3 Å². The van der Waals surface area contributed by atoms with Crippen molar-refractivity contribution in [1.29, 1.82) is 0 Å². The van der Waals surface area contributed by atoms with Gasteiger partial charge in [-0.25, -0.2) is 9.97 Å². The molecule has 140 valence electrons. The SMILES string of the molecule is CC1CCc2nc(CNCc3cccnc3N3CCN(C)CC3)sc2C1. The second-order valence-electron chi connectivity index (χ2n) is 7.71. The van der Waals surface area contributed by atoms with Gasteiger partial charge in [0.1, 0.15) is 10.8 Å². The number of hydrogen-bond donors (Lipinski definition) is 1. The van der Waals surface area contributed by atoms with Gasteiger partial charge in [-0.05, 0) is 38.3 Å². The predicted octanol–water partition coefficient (Wildman–Crippen LogP) is 2.70. The number of piperazine rings is 1. The van der Waals surface area contributed by atoms with Crippen LogP contribution in [0.3, 0.4) is 0 Å². The molecule has 1 unspecified atom stereocenters. The molecule has 1 saturated heterocycles. The number of rotatable bonds is 5. The zero-order valence-corrected chi connectivity index (χ0v) is 16.7. The number of aryl methyl sites for hydroxylation is 1. The minimum absolute atomic E-state index is 0.810. The van der Waals surface area contributed by atoms with Crippen LogP contribution >= 0.6 is 11.3 Å². The molecule has 2 aromatic heterocycles. The molecule has 4 rings (SSSR count). The summed E-state index contributed by atoms with van der Waals surface area (Å²) >= 11 is 1.90. The Labute approximate surface area is 160 Å². The summed E-state index contributed by atoms with van der Waals surface area (Å²) < 4.78 is 0. The third-order valence-electron chi connectivity index (χ3n) is 5.49. The lowest BCUT2D eigenvalue weighted by atomic mass is 9.93. The van der Waals surface area contributed by atoms with E-state index >= 15 is 0 Å². The van der Waals surface area contributed by atoms with Gasteiger partial charge in [0.05, 0.1) is 5.69 Å². The van der Waals surface area contributed by atoms with E-state index in [9.17, 15) is 0 Å².